The second-order valence-electron chi connectivity index (χ2n) is 5.91. The fraction of sp³-hybridized carbons (Fsp3) is 0.294. The minimum atomic E-state index is -0.334. The first-order valence-corrected chi connectivity index (χ1v) is 9.68. The Bertz CT molecular complexity index is 980. The van der Waals surface area contributed by atoms with Crippen LogP contribution in [0.3, 0.4) is 0 Å². The van der Waals surface area contributed by atoms with Crippen molar-refractivity contribution in [2.24, 2.45) is 0 Å². The number of nitrogens with zero attached hydrogens (tertiary/aromatic N) is 3. The maximum Gasteiger partial charge on any atom is 0.273 e. The topological polar surface area (TPSA) is 50.2 Å². The normalized spacial score (nSPS) is 15.0. The number of piperazine rings is 1. The van der Waals surface area contributed by atoms with E-state index in [4.69, 9.17) is 4.98 Å². The van der Waals surface area contributed by atoms with E-state index in [1.54, 1.807) is 16.7 Å². The van der Waals surface area contributed by atoms with Crippen LogP contribution in [0.5, 0.6) is 0 Å². The van der Waals surface area contributed by atoms with Gasteiger partial charge >= 0.3 is 0 Å². The molecule has 1 aliphatic heterocycles. The molecule has 1 fully saturated rings. The molecule has 0 radical (unpaired) electrons. The largest absolute Gasteiger partial charge is 0.340 e. The molecule has 130 valence electrons. The smallest absolute Gasteiger partial charge is 0.273 e. The summed E-state index contributed by atoms with van der Waals surface area (Å²) in [5, 5.41) is 5.16. The molecule has 2 aromatic heterocycles. The van der Waals surface area contributed by atoms with Crippen molar-refractivity contribution in [3.05, 3.63) is 55.9 Å². The molecule has 0 atom stereocenters. The number of aromatic nitrogens is 2. The fourth-order valence-corrected chi connectivity index (χ4v) is 4.11. The van der Waals surface area contributed by atoms with Gasteiger partial charge in [0, 0.05) is 36.2 Å². The quantitative estimate of drug-likeness (QED) is 0.704. The standard InChI is InChI=1S/C17H16BrFN4OS/c18-12-2-1-11(13(19)9-12)10-23-16(24)15-14(3-8-25-15)21-17(23)22-6-4-20-5-7-22/h1-3,8-9,20H,4-7,10H2. The predicted octanol–water partition coefficient (Wildman–Crippen LogP) is 2.82. The number of anilines is 1. The van der Waals surface area contributed by atoms with E-state index in [1.807, 2.05) is 11.4 Å². The molecule has 0 amide bonds. The van der Waals surface area contributed by atoms with E-state index in [0.29, 0.717) is 26.2 Å². The number of halogens is 2. The van der Waals surface area contributed by atoms with Crippen molar-refractivity contribution in [2.75, 3.05) is 31.1 Å². The summed E-state index contributed by atoms with van der Waals surface area (Å²) in [5.41, 5.74) is 1.06. The Balaban J connectivity index is 1.84. The molecule has 1 aromatic carbocycles. The van der Waals surface area contributed by atoms with Crippen molar-refractivity contribution in [3.63, 3.8) is 0 Å². The van der Waals surface area contributed by atoms with Crippen LogP contribution in [-0.4, -0.2) is 35.7 Å². The Hall–Kier alpha value is -1.77. The third-order valence-electron chi connectivity index (χ3n) is 4.29. The fourth-order valence-electron chi connectivity index (χ4n) is 3.00. The van der Waals surface area contributed by atoms with Gasteiger partial charge in [-0.2, -0.15) is 0 Å². The first-order chi connectivity index (χ1) is 12.1. The Morgan fingerprint density at radius 1 is 1.28 bits per heavy atom. The first-order valence-electron chi connectivity index (χ1n) is 8.01. The van der Waals surface area contributed by atoms with Gasteiger partial charge in [0.2, 0.25) is 5.95 Å². The van der Waals surface area contributed by atoms with E-state index in [0.717, 1.165) is 26.2 Å². The van der Waals surface area contributed by atoms with E-state index in [9.17, 15) is 9.18 Å². The lowest BCUT2D eigenvalue weighted by Crippen LogP contribution is -2.46. The molecular formula is C17H16BrFN4OS. The van der Waals surface area contributed by atoms with Crippen LogP contribution in [0.25, 0.3) is 10.2 Å². The summed E-state index contributed by atoms with van der Waals surface area (Å²) in [6, 6.07) is 6.76. The van der Waals surface area contributed by atoms with Crippen molar-refractivity contribution in [1.82, 2.24) is 14.9 Å². The van der Waals surface area contributed by atoms with E-state index >= 15 is 0 Å². The highest BCUT2D eigenvalue weighted by molar-refractivity contribution is 9.10. The highest BCUT2D eigenvalue weighted by Gasteiger charge is 2.20. The first kappa shape index (κ1) is 16.7. The maximum absolute atomic E-state index is 14.3. The van der Waals surface area contributed by atoms with Crippen LogP contribution in [0.4, 0.5) is 10.3 Å². The number of hydrogen-bond acceptors (Lipinski definition) is 5. The highest BCUT2D eigenvalue weighted by atomic mass is 79.9. The molecule has 4 rings (SSSR count). The third-order valence-corrected chi connectivity index (χ3v) is 5.67. The van der Waals surface area contributed by atoms with Crippen LogP contribution in [0.15, 0.2) is 38.9 Å². The van der Waals surface area contributed by atoms with Gasteiger partial charge in [-0.05, 0) is 23.6 Å². The van der Waals surface area contributed by atoms with Crippen LogP contribution >= 0.6 is 27.3 Å². The molecule has 3 heterocycles. The van der Waals surface area contributed by atoms with Crippen molar-refractivity contribution in [3.8, 4) is 0 Å². The van der Waals surface area contributed by atoms with E-state index in [1.165, 1.54) is 17.4 Å². The van der Waals surface area contributed by atoms with Crippen molar-refractivity contribution in [2.45, 2.75) is 6.54 Å². The Morgan fingerprint density at radius 3 is 2.84 bits per heavy atom. The number of fused-ring (bicyclic) bond motifs is 1. The lowest BCUT2D eigenvalue weighted by Gasteiger charge is -2.30. The second-order valence-corrected chi connectivity index (χ2v) is 7.74. The van der Waals surface area contributed by atoms with Gasteiger partial charge in [-0.15, -0.1) is 11.3 Å². The van der Waals surface area contributed by atoms with Crippen molar-refractivity contribution >= 4 is 43.4 Å². The molecule has 0 saturated carbocycles. The van der Waals surface area contributed by atoms with E-state index in [2.05, 4.69) is 26.1 Å². The summed E-state index contributed by atoms with van der Waals surface area (Å²) < 4.78 is 17.2. The van der Waals surface area contributed by atoms with Crippen molar-refractivity contribution in [1.29, 1.82) is 0 Å². The van der Waals surface area contributed by atoms with Crippen LogP contribution in [0.2, 0.25) is 0 Å². The lowest BCUT2D eigenvalue weighted by atomic mass is 10.2. The number of thiophene rings is 1. The molecule has 8 heteroatoms. The molecule has 0 bridgehead atoms. The zero-order valence-corrected chi connectivity index (χ0v) is 15.7. The highest BCUT2D eigenvalue weighted by Crippen LogP contribution is 2.22. The number of benzene rings is 1. The summed E-state index contributed by atoms with van der Waals surface area (Å²) in [6.07, 6.45) is 0. The average Bonchev–Trinajstić information content (AvgIpc) is 3.09. The van der Waals surface area contributed by atoms with Gasteiger partial charge in [0.05, 0.1) is 12.1 Å². The minimum absolute atomic E-state index is 0.115. The third kappa shape index (κ3) is 3.21. The summed E-state index contributed by atoms with van der Waals surface area (Å²) in [6.45, 7) is 3.38. The van der Waals surface area contributed by atoms with E-state index < -0.39 is 0 Å². The van der Waals surface area contributed by atoms with Gasteiger partial charge in [-0.3, -0.25) is 9.36 Å². The van der Waals surface area contributed by atoms with Gasteiger partial charge in [0.15, 0.2) is 0 Å². The van der Waals surface area contributed by atoms with Gasteiger partial charge in [0.1, 0.15) is 10.5 Å². The zero-order valence-electron chi connectivity index (χ0n) is 13.3. The number of nitrogens with one attached hydrogen (secondary N) is 1. The molecule has 3 aromatic rings. The summed E-state index contributed by atoms with van der Waals surface area (Å²) in [7, 11) is 0. The van der Waals surface area contributed by atoms with Gasteiger partial charge in [0.25, 0.3) is 5.56 Å². The summed E-state index contributed by atoms with van der Waals surface area (Å²) in [4.78, 5) is 19.8. The van der Waals surface area contributed by atoms with E-state index in [-0.39, 0.29) is 17.9 Å². The summed E-state index contributed by atoms with van der Waals surface area (Å²) in [5.74, 6) is 0.276. The molecule has 1 aliphatic rings. The summed E-state index contributed by atoms with van der Waals surface area (Å²) >= 11 is 4.64. The minimum Gasteiger partial charge on any atom is -0.340 e. The molecule has 5 nitrogen and oxygen atoms in total. The molecule has 1 N–H and O–H groups in total. The molecule has 0 aliphatic carbocycles. The number of hydrogen-bond donors (Lipinski definition) is 1. The zero-order chi connectivity index (χ0) is 17.4. The maximum atomic E-state index is 14.3. The van der Waals surface area contributed by atoms with Crippen LogP contribution < -0.4 is 15.8 Å². The Labute approximate surface area is 156 Å². The van der Waals surface area contributed by atoms with Crippen molar-refractivity contribution < 1.29 is 4.39 Å². The molecule has 0 spiro atoms. The Morgan fingerprint density at radius 2 is 2.08 bits per heavy atom. The Kier molecular flexibility index (Phi) is 4.58. The predicted molar refractivity (Wildman–Crippen MR) is 102 cm³/mol. The van der Waals surface area contributed by atoms with Crippen LogP contribution in [0.1, 0.15) is 5.56 Å². The molecule has 0 unspecified atom stereocenters. The van der Waals surface area contributed by atoms with Crippen LogP contribution in [0, 0.1) is 5.82 Å². The van der Waals surface area contributed by atoms with Gasteiger partial charge in [-0.1, -0.05) is 22.0 Å². The van der Waals surface area contributed by atoms with Crippen LogP contribution in [-0.2, 0) is 6.54 Å². The molecule has 1 saturated heterocycles. The average molecular weight is 423 g/mol. The SMILES string of the molecule is O=c1c2sccc2nc(N2CCNCC2)n1Cc1ccc(Br)cc1F. The van der Waals surface area contributed by atoms with Gasteiger partial charge in [-0.25, -0.2) is 9.37 Å². The van der Waals surface area contributed by atoms with Gasteiger partial charge < -0.3 is 10.2 Å². The number of rotatable bonds is 3. The second kappa shape index (κ2) is 6.86. The lowest BCUT2D eigenvalue weighted by molar-refractivity contribution is 0.557. The monoisotopic (exact) mass is 422 g/mol. The molecule has 25 heavy (non-hydrogen) atoms. The molecular weight excluding hydrogens is 407 g/mol.